The number of carbonyl (C=O) groups is 3. The Morgan fingerprint density at radius 1 is 1.12 bits per heavy atom. The SMILES string of the molecule is CCC(C)C(=O)N1CCCC1C(=O)Nc1ccc2[nH]c(-c3ccc(NC(C)=O)cc3)c(F)c2c1. The molecule has 178 valence electrons. The number of nitrogens with one attached hydrogen (secondary N) is 3. The smallest absolute Gasteiger partial charge is 0.247 e. The second-order valence-corrected chi connectivity index (χ2v) is 8.82. The van der Waals surface area contributed by atoms with E-state index in [1.54, 1.807) is 47.4 Å². The lowest BCUT2D eigenvalue weighted by Gasteiger charge is -2.26. The first-order chi connectivity index (χ1) is 16.3. The fourth-order valence-corrected chi connectivity index (χ4v) is 4.35. The van der Waals surface area contributed by atoms with Crippen LogP contribution >= 0.6 is 0 Å². The summed E-state index contributed by atoms with van der Waals surface area (Å²) in [5, 5.41) is 5.91. The zero-order valence-electron chi connectivity index (χ0n) is 19.6. The summed E-state index contributed by atoms with van der Waals surface area (Å²) < 4.78 is 15.3. The maximum atomic E-state index is 15.3. The van der Waals surface area contributed by atoms with Crippen LogP contribution in [0.4, 0.5) is 15.8 Å². The molecule has 7 nitrogen and oxygen atoms in total. The van der Waals surface area contributed by atoms with E-state index in [-0.39, 0.29) is 23.6 Å². The highest BCUT2D eigenvalue weighted by atomic mass is 19.1. The minimum absolute atomic E-state index is 0.00134. The van der Waals surface area contributed by atoms with E-state index in [0.29, 0.717) is 46.5 Å². The topological polar surface area (TPSA) is 94.3 Å². The summed E-state index contributed by atoms with van der Waals surface area (Å²) in [6.07, 6.45) is 2.13. The molecule has 0 radical (unpaired) electrons. The quantitative estimate of drug-likeness (QED) is 0.484. The molecule has 2 aromatic carbocycles. The molecule has 2 unspecified atom stereocenters. The van der Waals surface area contributed by atoms with Crippen molar-refractivity contribution in [3.8, 4) is 11.3 Å². The van der Waals surface area contributed by atoms with Crippen LogP contribution in [-0.4, -0.2) is 40.2 Å². The molecule has 3 aromatic rings. The zero-order chi connectivity index (χ0) is 24.4. The Morgan fingerprint density at radius 3 is 2.50 bits per heavy atom. The number of nitrogens with zero attached hydrogens (tertiary/aromatic N) is 1. The second kappa shape index (κ2) is 9.67. The van der Waals surface area contributed by atoms with Gasteiger partial charge in [0, 0.05) is 47.2 Å². The molecule has 0 aliphatic carbocycles. The second-order valence-electron chi connectivity index (χ2n) is 8.82. The molecule has 0 spiro atoms. The summed E-state index contributed by atoms with van der Waals surface area (Å²) >= 11 is 0. The average Bonchev–Trinajstić information content (AvgIpc) is 3.43. The summed E-state index contributed by atoms with van der Waals surface area (Å²) in [5.41, 5.74) is 2.68. The zero-order valence-corrected chi connectivity index (χ0v) is 19.6. The summed E-state index contributed by atoms with van der Waals surface area (Å²) in [4.78, 5) is 41.6. The maximum Gasteiger partial charge on any atom is 0.247 e. The van der Waals surface area contributed by atoms with Crippen molar-refractivity contribution >= 4 is 40.0 Å². The van der Waals surface area contributed by atoms with Crippen LogP contribution in [0.2, 0.25) is 0 Å². The molecule has 1 aromatic heterocycles. The van der Waals surface area contributed by atoms with E-state index in [9.17, 15) is 14.4 Å². The fourth-order valence-electron chi connectivity index (χ4n) is 4.35. The Kier molecular flexibility index (Phi) is 6.68. The van der Waals surface area contributed by atoms with Crippen LogP contribution in [0.3, 0.4) is 0 Å². The molecule has 4 rings (SSSR count). The third-order valence-electron chi connectivity index (χ3n) is 6.37. The predicted molar refractivity (Wildman–Crippen MR) is 131 cm³/mol. The molecule has 1 aliphatic rings. The van der Waals surface area contributed by atoms with Crippen molar-refractivity contribution in [3.63, 3.8) is 0 Å². The Labute approximate surface area is 197 Å². The molecule has 3 N–H and O–H groups in total. The van der Waals surface area contributed by atoms with Crippen molar-refractivity contribution in [2.75, 3.05) is 17.2 Å². The highest BCUT2D eigenvalue weighted by Gasteiger charge is 2.35. The normalized spacial score (nSPS) is 16.5. The number of H-pyrrole nitrogens is 1. The van der Waals surface area contributed by atoms with Gasteiger partial charge < -0.3 is 20.5 Å². The number of hydrogen-bond acceptors (Lipinski definition) is 3. The molecule has 1 aliphatic heterocycles. The van der Waals surface area contributed by atoms with Crippen molar-refractivity contribution in [3.05, 3.63) is 48.3 Å². The van der Waals surface area contributed by atoms with Crippen LogP contribution in [0.15, 0.2) is 42.5 Å². The number of amides is 3. The van der Waals surface area contributed by atoms with Crippen LogP contribution in [0.1, 0.15) is 40.0 Å². The van der Waals surface area contributed by atoms with Crippen LogP contribution in [0.5, 0.6) is 0 Å². The number of rotatable bonds is 6. The van der Waals surface area contributed by atoms with Gasteiger partial charge in [0.1, 0.15) is 6.04 Å². The molecule has 8 heteroatoms. The molecular formula is C26H29FN4O3. The number of fused-ring (bicyclic) bond motifs is 1. The first-order valence-corrected chi connectivity index (χ1v) is 11.6. The van der Waals surface area contributed by atoms with Gasteiger partial charge in [-0.25, -0.2) is 4.39 Å². The molecule has 2 heterocycles. The van der Waals surface area contributed by atoms with Gasteiger partial charge in [-0.2, -0.15) is 0 Å². The lowest BCUT2D eigenvalue weighted by atomic mass is 10.1. The molecule has 0 saturated carbocycles. The van der Waals surface area contributed by atoms with Crippen molar-refractivity contribution in [1.82, 2.24) is 9.88 Å². The van der Waals surface area contributed by atoms with E-state index >= 15 is 4.39 Å². The number of carbonyl (C=O) groups excluding carboxylic acids is 3. The van der Waals surface area contributed by atoms with Gasteiger partial charge in [0.2, 0.25) is 17.7 Å². The van der Waals surface area contributed by atoms with Crippen LogP contribution in [0.25, 0.3) is 22.2 Å². The number of aromatic amines is 1. The highest BCUT2D eigenvalue weighted by molar-refractivity contribution is 6.00. The minimum Gasteiger partial charge on any atom is -0.352 e. The van der Waals surface area contributed by atoms with Gasteiger partial charge in [0.15, 0.2) is 5.82 Å². The van der Waals surface area contributed by atoms with E-state index in [4.69, 9.17) is 0 Å². The fraction of sp³-hybridized carbons (Fsp3) is 0.346. The van der Waals surface area contributed by atoms with Gasteiger partial charge in [0.05, 0.1) is 5.69 Å². The molecule has 1 saturated heterocycles. The van der Waals surface area contributed by atoms with E-state index in [1.807, 2.05) is 13.8 Å². The van der Waals surface area contributed by atoms with Crippen molar-refractivity contribution in [2.24, 2.45) is 5.92 Å². The number of benzene rings is 2. The van der Waals surface area contributed by atoms with Gasteiger partial charge in [-0.3, -0.25) is 14.4 Å². The molecule has 34 heavy (non-hydrogen) atoms. The Bertz CT molecular complexity index is 1230. The third-order valence-corrected chi connectivity index (χ3v) is 6.37. The number of halogens is 1. The van der Waals surface area contributed by atoms with Crippen LogP contribution < -0.4 is 10.6 Å². The van der Waals surface area contributed by atoms with Gasteiger partial charge in [-0.1, -0.05) is 26.0 Å². The first kappa shape index (κ1) is 23.5. The number of likely N-dealkylation sites (tertiary alicyclic amines) is 1. The van der Waals surface area contributed by atoms with E-state index in [2.05, 4.69) is 15.6 Å². The Morgan fingerprint density at radius 2 is 1.82 bits per heavy atom. The Hall–Kier alpha value is -3.68. The highest BCUT2D eigenvalue weighted by Crippen LogP contribution is 2.31. The van der Waals surface area contributed by atoms with E-state index in [1.165, 1.54) is 6.92 Å². The monoisotopic (exact) mass is 464 g/mol. The molecule has 2 atom stereocenters. The van der Waals surface area contributed by atoms with E-state index < -0.39 is 11.9 Å². The summed E-state index contributed by atoms with van der Waals surface area (Å²) in [5.74, 6) is -0.971. The standard InChI is InChI=1S/C26H29FN4O3/c1-4-15(2)26(34)31-13-5-6-22(31)25(33)29-19-11-12-21-20(14-19)23(27)24(30-21)17-7-9-18(10-8-17)28-16(3)32/h7-12,14-15,22,30H,4-6,13H2,1-3H3,(H,28,32)(H,29,33). The van der Waals surface area contributed by atoms with Gasteiger partial charge in [-0.05, 0) is 49.6 Å². The lowest BCUT2D eigenvalue weighted by molar-refractivity contribution is -0.139. The Balaban J connectivity index is 1.54. The summed E-state index contributed by atoms with van der Waals surface area (Å²) in [7, 11) is 0. The first-order valence-electron chi connectivity index (χ1n) is 11.6. The van der Waals surface area contributed by atoms with Crippen molar-refractivity contribution < 1.29 is 18.8 Å². The number of hydrogen-bond donors (Lipinski definition) is 3. The van der Waals surface area contributed by atoms with Crippen molar-refractivity contribution in [2.45, 2.75) is 46.1 Å². The van der Waals surface area contributed by atoms with Gasteiger partial charge in [-0.15, -0.1) is 0 Å². The minimum atomic E-state index is -0.508. The van der Waals surface area contributed by atoms with Gasteiger partial charge >= 0.3 is 0 Å². The molecule has 1 fully saturated rings. The number of anilines is 2. The van der Waals surface area contributed by atoms with Crippen LogP contribution in [0, 0.1) is 11.7 Å². The largest absolute Gasteiger partial charge is 0.352 e. The van der Waals surface area contributed by atoms with E-state index in [0.717, 1.165) is 12.8 Å². The predicted octanol–water partition coefficient (Wildman–Crippen LogP) is 4.91. The van der Waals surface area contributed by atoms with Crippen molar-refractivity contribution in [1.29, 1.82) is 0 Å². The maximum absolute atomic E-state index is 15.3. The molecule has 0 bridgehead atoms. The summed E-state index contributed by atoms with van der Waals surface area (Å²) in [6, 6.07) is 11.4. The lowest BCUT2D eigenvalue weighted by Crippen LogP contribution is -2.45. The average molecular weight is 465 g/mol. The molecular weight excluding hydrogens is 435 g/mol. The summed E-state index contributed by atoms with van der Waals surface area (Å²) in [6.45, 7) is 5.84. The number of aromatic nitrogens is 1. The molecule has 3 amide bonds. The van der Waals surface area contributed by atoms with Crippen LogP contribution in [-0.2, 0) is 14.4 Å². The third kappa shape index (κ3) is 4.66. The van der Waals surface area contributed by atoms with Gasteiger partial charge in [0.25, 0.3) is 0 Å².